The van der Waals surface area contributed by atoms with Crippen molar-refractivity contribution in [3.8, 4) is 11.8 Å². The van der Waals surface area contributed by atoms with E-state index < -0.39 is 17.8 Å². The molecule has 2 atom stereocenters. The van der Waals surface area contributed by atoms with Gasteiger partial charge in [-0.3, -0.25) is 9.89 Å². The second-order valence-electron chi connectivity index (χ2n) is 10.0. The highest BCUT2D eigenvalue weighted by molar-refractivity contribution is 5.98. The Morgan fingerprint density at radius 3 is 2.58 bits per heavy atom. The van der Waals surface area contributed by atoms with Crippen molar-refractivity contribution in [2.24, 2.45) is 10.9 Å². The van der Waals surface area contributed by atoms with Crippen LogP contribution in [0.5, 0.6) is 5.75 Å². The maximum atomic E-state index is 12.6. The van der Waals surface area contributed by atoms with Gasteiger partial charge in [0.1, 0.15) is 5.75 Å². The molecule has 2 amide bonds. The highest BCUT2D eigenvalue weighted by atomic mass is 16.5. The molecule has 2 aromatic rings. The van der Waals surface area contributed by atoms with Gasteiger partial charge in [-0.1, -0.05) is 24.3 Å². The number of anilines is 2. The summed E-state index contributed by atoms with van der Waals surface area (Å²) in [6, 6.07) is 16.9. The number of piperazine rings is 1. The fraction of sp³-hybridized carbons (Fsp3) is 0.400. The van der Waals surface area contributed by atoms with Gasteiger partial charge in [-0.2, -0.15) is 5.26 Å². The van der Waals surface area contributed by atoms with Crippen LogP contribution >= 0.6 is 0 Å². The van der Waals surface area contributed by atoms with E-state index in [-0.39, 0.29) is 11.6 Å². The number of nitriles is 1. The van der Waals surface area contributed by atoms with Gasteiger partial charge in [0.15, 0.2) is 0 Å². The Morgan fingerprint density at radius 1 is 1.12 bits per heavy atom. The fourth-order valence-electron chi connectivity index (χ4n) is 5.44. The van der Waals surface area contributed by atoms with Crippen LogP contribution in [0, 0.1) is 17.2 Å². The molecule has 2 aliphatic heterocycles. The summed E-state index contributed by atoms with van der Waals surface area (Å²) in [6.45, 7) is 8.51. The molecule has 0 saturated carbocycles. The number of allylic oxidation sites excluding steroid dienone is 1. The molecule has 40 heavy (non-hydrogen) atoms. The van der Waals surface area contributed by atoms with Gasteiger partial charge in [0.25, 0.3) is 0 Å². The minimum Gasteiger partial charge on any atom is -0.495 e. The van der Waals surface area contributed by atoms with Crippen molar-refractivity contribution in [1.29, 1.82) is 5.26 Å². The number of aliphatic carboxylic acids is 1. The van der Waals surface area contributed by atoms with Crippen molar-refractivity contribution in [3.63, 3.8) is 0 Å². The topological polar surface area (TPSA) is 130 Å². The van der Waals surface area contributed by atoms with Crippen molar-refractivity contribution < 1.29 is 19.4 Å². The molecule has 0 aromatic heterocycles. The lowest BCUT2D eigenvalue weighted by atomic mass is 9.76. The quantitative estimate of drug-likeness (QED) is 0.406. The van der Waals surface area contributed by atoms with Crippen LogP contribution in [0.2, 0.25) is 0 Å². The molecule has 2 heterocycles. The van der Waals surface area contributed by atoms with E-state index in [0.717, 1.165) is 50.6 Å². The number of carboxylic acid groups (broad SMARTS) is 1. The molecule has 2 aliphatic rings. The molecular weight excluding hydrogens is 508 g/mol. The number of aliphatic imine (C=N–C) groups is 1. The third kappa shape index (κ3) is 6.61. The first-order chi connectivity index (χ1) is 19.3. The zero-order chi connectivity index (χ0) is 28.6. The summed E-state index contributed by atoms with van der Waals surface area (Å²) in [5.74, 6) is -1.58. The lowest BCUT2D eigenvalue weighted by Crippen LogP contribution is -2.47. The standard InChI is InChI=1S/C30H36N6O4/c1-20-24(19-31)28(27(29(37)38)21(2)33-20)22-8-6-9-23(18-22)34-30(39)32-12-7-13-35-14-16-36(17-15-35)25-10-4-5-11-26(25)40-3/h4-6,8-11,18,24,28H,7,12-17H2,1-3H3,(H,37,38)(H2,32,34,39). The third-order valence-corrected chi connectivity index (χ3v) is 7.44. The summed E-state index contributed by atoms with van der Waals surface area (Å²) < 4.78 is 5.50. The number of rotatable bonds is 9. The Morgan fingerprint density at radius 2 is 1.88 bits per heavy atom. The van der Waals surface area contributed by atoms with Crippen molar-refractivity contribution >= 4 is 29.1 Å². The fourth-order valence-corrected chi connectivity index (χ4v) is 5.44. The molecule has 210 valence electrons. The molecule has 0 aliphatic carbocycles. The summed E-state index contributed by atoms with van der Waals surface area (Å²) in [6.07, 6.45) is 0.818. The molecular formula is C30H36N6O4. The number of carbonyl (C=O) groups is 2. The van der Waals surface area contributed by atoms with Crippen LogP contribution in [0.15, 0.2) is 64.8 Å². The predicted octanol–water partition coefficient (Wildman–Crippen LogP) is 4.09. The van der Waals surface area contributed by atoms with Crippen molar-refractivity contribution in [3.05, 3.63) is 65.4 Å². The summed E-state index contributed by atoms with van der Waals surface area (Å²) >= 11 is 0. The van der Waals surface area contributed by atoms with Gasteiger partial charge in [0.05, 0.1) is 30.4 Å². The number of amides is 2. The smallest absolute Gasteiger partial charge is 0.334 e. The molecule has 1 saturated heterocycles. The van der Waals surface area contributed by atoms with Crippen molar-refractivity contribution in [2.45, 2.75) is 26.2 Å². The monoisotopic (exact) mass is 544 g/mol. The maximum Gasteiger partial charge on any atom is 0.334 e. The van der Waals surface area contributed by atoms with Crippen LogP contribution in [0.1, 0.15) is 31.7 Å². The van der Waals surface area contributed by atoms with Gasteiger partial charge < -0.3 is 25.4 Å². The Hall–Kier alpha value is -4.36. The molecule has 4 rings (SSSR count). The number of carboxylic acids is 1. The minimum absolute atomic E-state index is 0.0995. The second kappa shape index (κ2) is 13.1. The van der Waals surface area contributed by atoms with Gasteiger partial charge in [-0.25, -0.2) is 9.59 Å². The Labute approximate surface area is 234 Å². The molecule has 1 fully saturated rings. The van der Waals surface area contributed by atoms with Gasteiger partial charge in [-0.05, 0) is 56.6 Å². The summed E-state index contributed by atoms with van der Waals surface area (Å²) in [4.78, 5) is 33.6. The number of hydrogen-bond acceptors (Lipinski definition) is 7. The SMILES string of the molecule is COc1ccccc1N1CCN(CCCNC(=O)Nc2cccc(C3C(C(=O)O)=C(C)N=C(C)C3C#N)c2)CC1. The average molecular weight is 545 g/mol. The predicted molar refractivity (Wildman–Crippen MR) is 155 cm³/mol. The zero-order valence-corrected chi connectivity index (χ0v) is 23.2. The van der Waals surface area contributed by atoms with E-state index in [2.05, 4.69) is 37.6 Å². The molecule has 10 nitrogen and oxygen atoms in total. The van der Waals surface area contributed by atoms with E-state index in [1.54, 1.807) is 45.2 Å². The van der Waals surface area contributed by atoms with Crippen LogP contribution in [-0.2, 0) is 4.79 Å². The Kier molecular flexibility index (Phi) is 9.40. The lowest BCUT2D eigenvalue weighted by Gasteiger charge is -2.36. The molecule has 0 radical (unpaired) electrons. The number of para-hydroxylation sites is 2. The van der Waals surface area contributed by atoms with E-state index in [0.29, 0.717) is 29.2 Å². The summed E-state index contributed by atoms with van der Waals surface area (Å²) in [5, 5.41) is 25.3. The van der Waals surface area contributed by atoms with Gasteiger partial charge >= 0.3 is 12.0 Å². The van der Waals surface area contributed by atoms with Gasteiger partial charge in [0, 0.05) is 55.7 Å². The molecule has 3 N–H and O–H groups in total. The van der Waals surface area contributed by atoms with E-state index in [9.17, 15) is 20.0 Å². The largest absolute Gasteiger partial charge is 0.495 e. The highest BCUT2D eigenvalue weighted by Crippen LogP contribution is 2.39. The summed E-state index contributed by atoms with van der Waals surface area (Å²) in [5.41, 5.74) is 3.35. The molecule has 2 unspecified atom stereocenters. The molecule has 10 heteroatoms. The number of methoxy groups -OCH3 is 1. The first-order valence-electron chi connectivity index (χ1n) is 13.5. The Bertz CT molecular complexity index is 1340. The molecule has 2 aromatic carbocycles. The third-order valence-electron chi connectivity index (χ3n) is 7.44. The van der Waals surface area contributed by atoms with Crippen LogP contribution in [0.25, 0.3) is 0 Å². The van der Waals surface area contributed by atoms with Crippen LogP contribution in [-0.4, -0.2) is 74.1 Å². The number of hydrogen-bond donors (Lipinski definition) is 3. The first-order valence-corrected chi connectivity index (χ1v) is 13.5. The van der Waals surface area contributed by atoms with E-state index in [4.69, 9.17) is 4.74 Å². The highest BCUT2D eigenvalue weighted by Gasteiger charge is 2.37. The first kappa shape index (κ1) is 28.6. The van der Waals surface area contributed by atoms with Crippen molar-refractivity contribution in [2.75, 3.05) is 56.6 Å². The lowest BCUT2D eigenvalue weighted by molar-refractivity contribution is -0.133. The van der Waals surface area contributed by atoms with Crippen LogP contribution in [0.3, 0.4) is 0 Å². The summed E-state index contributed by atoms with van der Waals surface area (Å²) in [7, 11) is 1.69. The van der Waals surface area contributed by atoms with Crippen molar-refractivity contribution in [1.82, 2.24) is 10.2 Å². The van der Waals surface area contributed by atoms with E-state index in [1.165, 1.54) is 0 Å². The molecule has 0 spiro atoms. The number of benzene rings is 2. The normalized spacial score (nSPS) is 19.4. The molecule has 0 bridgehead atoms. The number of nitrogens with one attached hydrogen (secondary N) is 2. The number of nitrogens with zero attached hydrogens (tertiary/aromatic N) is 4. The number of ether oxygens (including phenoxy) is 1. The zero-order valence-electron chi connectivity index (χ0n) is 23.2. The van der Waals surface area contributed by atoms with E-state index in [1.807, 2.05) is 18.2 Å². The second-order valence-corrected chi connectivity index (χ2v) is 10.0. The van der Waals surface area contributed by atoms with Gasteiger partial charge in [0.2, 0.25) is 0 Å². The van der Waals surface area contributed by atoms with Crippen LogP contribution in [0.4, 0.5) is 16.2 Å². The van der Waals surface area contributed by atoms with Gasteiger partial charge in [-0.15, -0.1) is 0 Å². The number of carbonyl (C=O) groups excluding carboxylic acids is 1. The van der Waals surface area contributed by atoms with Crippen LogP contribution < -0.4 is 20.3 Å². The Balaban J connectivity index is 1.26. The van der Waals surface area contributed by atoms with E-state index >= 15 is 0 Å². The number of urea groups is 1. The minimum atomic E-state index is -1.10. The maximum absolute atomic E-state index is 12.6. The average Bonchev–Trinajstić information content (AvgIpc) is 2.95.